The van der Waals surface area contributed by atoms with Gasteiger partial charge in [0.1, 0.15) is 0 Å². The molecule has 0 heterocycles. The van der Waals surface area contributed by atoms with Crippen molar-refractivity contribution in [2.45, 2.75) is 21.9 Å². The molecular formula is C10H10Br3Cl. The molecule has 0 atom stereocenters. The number of benzene rings is 1. The first-order chi connectivity index (χ1) is 6.78. The van der Waals surface area contributed by atoms with Gasteiger partial charge in [-0.3, -0.25) is 0 Å². The van der Waals surface area contributed by atoms with Crippen LogP contribution in [0.1, 0.15) is 22.3 Å². The van der Waals surface area contributed by atoms with Crippen LogP contribution in [0.25, 0.3) is 0 Å². The molecule has 0 aliphatic heterocycles. The van der Waals surface area contributed by atoms with Gasteiger partial charge in [0.15, 0.2) is 0 Å². The highest BCUT2D eigenvalue weighted by Gasteiger charge is 2.10. The molecule has 14 heavy (non-hydrogen) atoms. The van der Waals surface area contributed by atoms with Crippen molar-refractivity contribution < 1.29 is 0 Å². The van der Waals surface area contributed by atoms with Gasteiger partial charge in [0.2, 0.25) is 0 Å². The highest BCUT2D eigenvalue weighted by molar-refractivity contribution is 9.09. The van der Waals surface area contributed by atoms with Crippen molar-refractivity contribution in [3.63, 3.8) is 0 Å². The van der Waals surface area contributed by atoms with Gasteiger partial charge >= 0.3 is 0 Å². The van der Waals surface area contributed by atoms with Crippen molar-refractivity contribution in [2.24, 2.45) is 0 Å². The van der Waals surface area contributed by atoms with Crippen molar-refractivity contribution in [3.05, 3.63) is 34.4 Å². The number of halogens is 4. The molecule has 1 aromatic carbocycles. The van der Waals surface area contributed by atoms with Crippen LogP contribution in [-0.4, -0.2) is 0 Å². The molecule has 0 aromatic heterocycles. The number of alkyl halides is 4. The molecule has 0 unspecified atom stereocenters. The molecule has 0 N–H and O–H groups in total. The van der Waals surface area contributed by atoms with E-state index in [0.29, 0.717) is 5.88 Å². The Kier molecular flexibility index (Phi) is 6.06. The average molecular weight is 405 g/mol. The van der Waals surface area contributed by atoms with Crippen LogP contribution < -0.4 is 0 Å². The van der Waals surface area contributed by atoms with E-state index in [1.807, 2.05) is 0 Å². The molecule has 0 fully saturated rings. The zero-order chi connectivity index (χ0) is 10.6. The Hall–Kier alpha value is 0.950. The fourth-order valence-corrected chi connectivity index (χ4v) is 3.55. The van der Waals surface area contributed by atoms with Crippen LogP contribution in [0.15, 0.2) is 12.1 Å². The normalized spacial score (nSPS) is 10.6. The van der Waals surface area contributed by atoms with Crippen molar-refractivity contribution in [1.82, 2.24) is 0 Å². The van der Waals surface area contributed by atoms with Gasteiger partial charge in [0.05, 0.1) is 0 Å². The van der Waals surface area contributed by atoms with Gasteiger partial charge < -0.3 is 0 Å². The minimum Gasteiger partial charge on any atom is -0.122 e. The van der Waals surface area contributed by atoms with Gasteiger partial charge in [-0.05, 0) is 22.3 Å². The van der Waals surface area contributed by atoms with Crippen molar-refractivity contribution in [1.29, 1.82) is 0 Å². The second-order valence-corrected chi connectivity index (χ2v) is 4.82. The maximum absolute atomic E-state index is 5.89. The third-order valence-corrected chi connectivity index (χ3v) is 4.19. The van der Waals surface area contributed by atoms with Gasteiger partial charge in [-0.1, -0.05) is 59.9 Å². The van der Waals surface area contributed by atoms with Crippen LogP contribution >= 0.6 is 59.4 Å². The summed E-state index contributed by atoms with van der Waals surface area (Å²) >= 11 is 16.4. The molecule has 0 saturated heterocycles. The third kappa shape index (κ3) is 2.75. The first kappa shape index (κ1) is 13.0. The summed E-state index contributed by atoms with van der Waals surface area (Å²) < 4.78 is 0. The number of hydrogen-bond donors (Lipinski definition) is 0. The van der Waals surface area contributed by atoms with Crippen LogP contribution in [0, 0.1) is 0 Å². The van der Waals surface area contributed by atoms with E-state index in [2.05, 4.69) is 59.9 Å². The molecule has 0 spiro atoms. The Morgan fingerprint density at radius 2 is 1.36 bits per heavy atom. The zero-order valence-corrected chi connectivity index (χ0v) is 13.0. The summed E-state index contributed by atoms with van der Waals surface area (Å²) in [6.07, 6.45) is 0. The second-order valence-electron chi connectivity index (χ2n) is 2.88. The number of hydrogen-bond acceptors (Lipinski definition) is 0. The van der Waals surface area contributed by atoms with E-state index >= 15 is 0 Å². The molecule has 78 valence electrons. The van der Waals surface area contributed by atoms with Crippen LogP contribution in [-0.2, 0) is 21.9 Å². The predicted octanol–water partition coefficient (Wildman–Crippen LogP) is 5.11. The first-order valence-electron chi connectivity index (χ1n) is 4.14. The Morgan fingerprint density at radius 1 is 0.857 bits per heavy atom. The van der Waals surface area contributed by atoms with Gasteiger partial charge in [-0.15, -0.1) is 11.6 Å². The fourth-order valence-electron chi connectivity index (χ4n) is 1.37. The Bertz CT molecular complexity index is 281. The van der Waals surface area contributed by atoms with E-state index in [-0.39, 0.29) is 0 Å². The van der Waals surface area contributed by atoms with Crippen LogP contribution in [0.3, 0.4) is 0 Å². The van der Waals surface area contributed by atoms with E-state index in [1.54, 1.807) is 0 Å². The van der Waals surface area contributed by atoms with Gasteiger partial charge in [-0.2, -0.15) is 0 Å². The van der Waals surface area contributed by atoms with E-state index in [0.717, 1.165) is 16.0 Å². The SMILES string of the molecule is ClCc1ccc(CBr)c(CBr)c1CBr. The lowest BCUT2D eigenvalue weighted by atomic mass is 10.00. The van der Waals surface area contributed by atoms with Crippen LogP contribution in [0.2, 0.25) is 0 Å². The lowest BCUT2D eigenvalue weighted by Gasteiger charge is -2.13. The molecule has 0 amide bonds. The summed E-state index contributed by atoms with van der Waals surface area (Å²) in [4.78, 5) is 0. The summed E-state index contributed by atoms with van der Waals surface area (Å²) in [5.74, 6) is 0.573. The molecule has 0 bridgehead atoms. The molecule has 0 aliphatic carbocycles. The monoisotopic (exact) mass is 402 g/mol. The van der Waals surface area contributed by atoms with Gasteiger partial charge in [0, 0.05) is 21.9 Å². The maximum Gasteiger partial charge on any atom is 0.0477 e. The fraction of sp³-hybridized carbons (Fsp3) is 0.400. The highest BCUT2D eigenvalue weighted by atomic mass is 79.9. The molecular weight excluding hydrogens is 395 g/mol. The number of rotatable bonds is 4. The van der Waals surface area contributed by atoms with Crippen molar-refractivity contribution in [3.8, 4) is 0 Å². The molecule has 0 radical (unpaired) electrons. The topological polar surface area (TPSA) is 0 Å². The highest BCUT2D eigenvalue weighted by Crippen LogP contribution is 2.26. The van der Waals surface area contributed by atoms with Crippen molar-refractivity contribution >= 4 is 59.4 Å². The lowest BCUT2D eigenvalue weighted by Crippen LogP contribution is -1.99. The van der Waals surface area contributed by atoms with E-state index < -0.39 is 0 Å². The minimum atomic E-state index is 0.573. The van der Waals surface area contributed by atoms with E-state index in [1.165, 1.54) is 22.3 Å². The molecule has 0 aliphatic rings. The lowest BCUT2D eigenvalue weighted by molar-refractivity contribution is 1.17. The third-order valence-electron chi connectivity index (χ3n) is 2.18. The minimum absolute atomic E-state index is 0.573. The smallest absolute Gasteiger partial charge is 0.0477 e. The molecule has 4 heteroatoms. The summed E-state index contributed by atoms with van der Waals surface area (Å²) in [6, 6.07) is 4.24. The first-order valence-corrected chi connectivity index (χ1v) is 8.04. The van der Waals surface area contributed by atoms with Crippen molar-refractivity contribution in [2.75, 3.05) is 0 Å². The second kappa shape index (κ2) is 6.51. The Morgan fingerprint density at radius 3 is 1.79 bits per heavy atom. The largest absolute Gasteiger partial charge is 0.122 e. The van der Waals surface area contributed by atoms with Crippen LogP contribution in [0.5, 0.6) is 0 Å². The standard InChI is InChI=1S/C10H10Br3Cl/c11-3-7-1-2-8(6-14)10(5-13)9(7)4-12/h1-2H,3-6H2. The Labute approximate surface area is 115 Å². The van der Waals surface area contributed by atoms with E-state index in [9.17, 15) is 0 Å². The van der Waals surface area contributed by atoms with Crippen LogP contribution in [0.4, 0.5) is 0 Å². The Balaban J connectivity index is 3.28. The predicted molar refractivity (Wildman–Crippen MR) is 73.9 cm³/mol. The summed E-state index contributed by atoms with van der Waals surface area (Å²) in [6.45, 7) is 0. The maximum atomic E-state index is 5.89. The molecule has 1 aromatic rings. The summed E-state index contributed by atoms with van der Waals surface area (Å²) in [5.41, 5.74) is 5.19. The summed E-state index contributed by atoms with van der Waals surface area (Å²) in [7, 11) is 0. The molecule has 0 nitrogen and oxygen atoms in total. The molecule has 0 saturated carbocycles. The quantitative estimate of drug-likeness (QED) is 0.611. The zero-order valence-electron chi connectivity index (χ0n) is 7.49. The van der Waals surface area contributed by atoms with Gasteiger partial charge in [0.25, 0.3) is 0 Å². The summed E-state index contributed by atoms with van der Waals surface area (Å²) in [5, 5.41) is 2.62. The van der Waals surface area contributed by atoms with Gasteiger partial charge in [-0.25, -0.2) is 0 Å². The average Bonchev–Trinajstić information content (AvgIpc) is 2.26. The van der Waals surface area contributed by atoms with E-state index in [4.69, 9.17) is 11.6 Å². The molecule has 1 rings (SSSR count).